The SMILES string of the molecule is CCCCCC/C=C\CCCCCCCCCC(=O)O[C@H](COC(=O)CCCCCCCCCCCCCCC)COP(=O)(O)OC[C@H](O)COP(=O)(O)OC[C@@H](COC(=O)CCCCCCCCCCCCCCCCC)OC(=O)CCCCCCCCC/C=C\CCCCCC. The van der Waals surface area contributed by atoms with Gasteiger partial charge in [0.15, 0.2) is 12.2 Å². The number of phosphoric acid groups is 2. The Morgan fingerprint density at radius 3 is 0.714 bits per heavy atom. The Labute approximate surface area is 599 Å². The van der Waals surface area contributed by atoms with Crippen molar-refractivity contribution in [3.63, 3.8) is 0 Å². The Bertz CT molecular complexity index is 1950. The predicted molar refractivity (Wildman–Crippen MR) is 400 cm³/mol. The largest absolute Gasteiger partial charge is 0.472 e. The summed E-state index contributed by atoms with van der Waals surface area (Å²) < 4.78 is 68.6. The lowest BCUT2D eigenvalue weighted by molar-refractivity contribution is -0.161. The van der Waals surface area contributed by atoms with Crippen LogP contribution in [-0.4, -0.2) is 96.7 Å². The summed E-state index contributed by atoms with van der Waals surface area (Å²) in [6.45, 7) is 4.95. The molecule has 0 saturated heterocycles. The molecular weight excluding hydrogens is 1280 g/mol. The molecule has 0 fully saturated rings. The molecule has 0 amide bonds. The number of carbonyl (C=O) groups is 4. The maximum absolute atomic E-state index is 13.1. The molecule has 0 bridgehead atoms. The molecule has 0 saturated carbocycles. The average molecular weight is 1430 g/mol. The van der Waals surface area contributed by atoms with Gasteiger partial charge in [0.25, 0.3) is 0 Å². The topological polar surface area (TPSA) is 237 Å². The summed E-state index contributed by atoms with van der Waals surface area (Å²) in [7, 11) is -9.93. The molecule has 19 heteroatoms. The van der Waals surface area contributed by atoms with Crippen LogP contribution >= 0.6 is 15.6 Å². The number of carbonyl (C=O) groups excluding carboxylic acids is 4. The van der Waals surface area contributed by atoms with Crippen LogP contribution in [0.3, 0.4) is 0 Å². The van der Waals surface area contributed by atoms with E-state index in [0.717, 1.165) is 141 Å². The Morgan fingerprint density at radius 2 is 0.469 bits per heavy atom. The number of aliphatic hydroxyl groups is 1. The first kappa shape index (κ1) is 95.5. The zero-order chi connectivity index (χ0) is 71.8. The van der Waals surface area contributed by atoms with Gasteiger partial charge in [-0.2, -0.15) is 0 Å². The number of unbranched alkanes of at least 4 members (excludes halogenated alkanes) is 48. The third-order valence-electron chi connectivity index (χ3n) is 17.9. The predicted octanol–water partition coefficient (Wildman–Crippen LogP) is 23.3. The maximum atomic E-state index is 13.1. The Balaban J connectivity index is 5.29. The van der Waals surface area contributed by atoms with Crippen LogP contribution < -0.4 is 0 Å². The van der Waals surface area contributed by atoms with Gasteiger partial charge in [-0.3, -0.25) is 37.3 Å². The van der Waals surface area contributed by atoms with Gasteiger partial charge in [-0.15, -0.1) is 0 Å². The molecule has 0 aliphatic rings. The highest BCUT2D eigenvalue weighted by atomic mass is 31.2. The first-order valence-corrected chi connectivity index (χ1v) is 43.6. The zero-order valence-corrected chi connectivity index (χ0v) is 65.0. The minimum Gasteiger partial charge on any atom is -0.462 e. The van der Waals surface area contributed by atoms with Crippen molar-refractivity contribution >= 4 is 39.5 Å². The second-order valence-electron chi connectivity index (χ2n) is 27.7. The first-order valence-electron chi connectivity index (χ1n) is 40.6. The number of phosphoric ester groups is 2. The van der Waals surface area contributed by atoms with Crippen LogP contribution in [0.15, 0.2) is 24.3 Å². The van der Waals surface area contributed by atoms with E-state index in [2.05, 4.69) is 52.0 Å². The maximum Gasteiger partial charge on any atom is 0.472 e. The number of ether oxygens (including phenoxy) is 4. The molecule has 0 aliphatic carbocycles. The fourth-order valence-electron chi connectivity index (χ4n) is 11.7. The van der Waals surface area contributed by atoms with E-state index < -0.39 is 97.5 Å². The molecular formula is C79H150O17P2. The van der Waals surface area contributed by atoms with Crippen LogP contribution in [0.2, 0.25) is 0 Å². The van der Waals surface area contributed by atoms with Crippen molar-refractivity contribution in [1.29, 1.82) is 0 Å². The van der Waals surface area contributed by atoms with Crippen LogP contribution in [0.4, 0.5) is 0 Å². The molecule has 0 spiro atoms. The van der Waals surface area contributed by atoms with E-state index in [1.54, 1.807) is 0 Å². The summed E-state index contributed by atoms with van der Waals surface area (Å²) in [6.07, 6.45) is 67.1. The number of aliphatic hydroxyl groups excluding tert-OH is 1. The Hall–Kier alpha value is -2.46. The normalized spacial score (nSPS) is 14.0. The highest BCUT2D eigenvalue weighted by Gasteiger charge is 2.30. The standard InChI is InChI=1S/C79H150O17P2/c1-5-9-13-17-21-25-29-33-36-40-44-48-52-56-60-64-77(82)90-70-75(96-79(84)66-62-58-54-50-46-42-38-35-31-27-23-19-15-11-7-3)72-94-98(87,88)92-68-73(80)67-91-97(85,86)93-71-74(69-89-76(81)63-59-55-51-47-43-39-32-28-24-20-16-12-8-4)95-78(83)65-61-57-53-49-45-41-37-34-30-26-22-18-14-10-6-2/h26-27,30-31,73-75,80H,5-25,28-29,32-72H2,1-4H3,(H,85,86)(H,87,88)/b30-26-,31-27-/t73-,74+,75+/m0/s1. The van der Waals surface area contributed by atoms with Crippen molar-refractivity contribution in [3.05, 3.63) is 24.3 Å². The van der Waals surface area contributed by atoms with E-state index in [1.807, 2.05) is 0 Å². The van der Waals surface area contributed by atoms with Gasteiger partial charge >= 0.3 is 39.5 Å². The summed E-state index contributed by atoms with van der Waals surface area (Å²) in [4.78, 5) is 73.0. The average Bonchev–Trinajstić information content (AvgIpc) is 1.05. The van der Waals surface area contributed by atoms with E-state index in [0.29, 0.717) is 25.7 Å². The monoisotopic (exact) mass is 1430 g/mol. The highest BCUT2D eigenvalue weighted by Crippen LogP contribution is 2.45. The van der Waals surface area contributed by atoms with Gasteiger partial charge in [0.2, 0.25) is 0 Å². The van der Waals surface area contributed by atoms with Crippen LogP contribution in [-0.2, 0) is 65.4 Å². The molecule has 0 aromatic rings. The molecule has 0 rings (SSSR count). The van der Waals surface area contributed by atoms with E-state index in [4.69, 9.17) is 37.0 Å². The van der Waals surface area contributed by atoms with Gasteiger partial charge in [-0.05, 0) is 77.0 Å². The molecule has 2 unspecified atom stereocenters. The second kappa shape index (κ2) is 72.9. The van der Waals surface area contributed by atoms with Gasteiger partial charge in [-0.25, -0.2) is 9.13 Å². The van der Waals surface area contributed by atoms with Crippen molar-refractivity contribution < 1.29 is 80.2 Å². The molecule has 98 heavy (non-hydrogen) atoms. The molecule has 0 heterocycles. The smallest absolute Gasteiger partial charge is 0.462 e. The molecule has 0 aromatic heterocycles. The number of hydrogen-bond donors (Lipinski definition) is 3. The minimum atomic E-state index is -4.96. The van der Waals surface area contributed by atoms with Crippen LogP contribution in [0.1, 0.15) is 400 Å². The molecule has 0 aliphatic heterocycles. The second-order valence-corrected chi connectivity index (χ2v) is 30.6. The number of hydrogen-bond acceptors (Lipinski definition) is 15. The summed E-state index contributed by atoms with van der Waals surface area (Å²) in [5, 5.41) is 10.6. The fraction of sp³-hybridized carbons (Fsp3) is 0.899. The van der Waals surface area contributed by atoms with Crippen molar-refractivity contribution in [1.82, 2.24) is 0 Å². The molecule has 17 nitrogen and oxygen atoms in total. The molecule has 5 atom stereocenters. The Kier molecular flexibility index (Phi) is 71.0. The summed E-state index contributed by atoms with van der Waals surface area (Å²) in [5.41, 5.74) is 0. The van der Waals surface area contributed by atoms with E-state index >= 15 is 0 Å². The summed E-state index contributed by atoms with van der Waals surface area (Å²) >= 11 is 0. The summed E-state index contributed by atoms with van der Waals surface area (Å²) in [6, 6.07) is 0. The lowest BCUT2D eigenvalue weighted by Crippen LogP contribution is -2.30. The van der Waals surface area contributed by atoms with Crippen LogP contribution in [0.25, 0.3) is 0 Å². The number of rotatable bonds is 78. The fourth-order valence-corrected chi connectivity index (χ4v) is 13.3. The van der Waals surface area contributed by atoms with Gasteiger partial charge < -0.3 is 33.8 Å². The molecule has 0 radical (unpaired) electrons. The molecule has 3 N–H and O–H groups in total. The van der Waals surface area contributed by atoms with Crippen molar-refractivity contribution in [2.24, 2.45) is 0 Å². The van der Waals surface area contributed by atoms with Gasteiger partial charge in [0.1, 0.15) is 19.3 Å². The van der Waals surface area contributed by atoms with Gasteiger partial charge in [0, 0.05) is 25.7 Å². The molecule has 578 valence electrons. The van der Waals surface area contributed by atoms with Crippen molar-refractivity contribution in [2.45, 2.75) is 418 Å². The van der Waals surface area contributed by atoms with Crippen LogP contribution in [0, 0.1) is 0 Å². The molecule has 0 aromatic carbocycles. The zero-order valence-electron chi connectivity index (χ0n) is 63.2. The van der Waals surface area contributed by atoms with E-state index in [1.165, 1.54) is 180 Å². The van der Waals surface area contributed by atoms with E-state index in [9.17, 15) is 43.2 Å². The van der Waals surface area contributed by atoms with Gasteiger partial charge in [0.05, 0.1) is 26.4 Å². The summed E-state index contributed by atoms with van der Waals surface area (Å²) in [5.74, 6) is -2.13. The quantitative estimate of drug-likeness (QED) is 0.0169. The third-order valence-corrected chi connectivity index (χ3v) is 19.8. The first-order chi connectivity index (χ1) is 47.7. The van der Waals surface area contributed by atoms with Crippen LogP contribution in [0.5, 0.6) is 0 Å². The number of allylic oxidation sites excluding steroid dienone is 4. The minimum absolute atomic E-state index is 0.0988. The number of esters is 4. The highest BCUT2D eigenvalue weighted by molar-refractivity contribution is 7.47. The lowest BCUT2D eigenvalue weighted by Gasteiger charge is -2.21. The van der Waals surface area contributed by atoms with E-state index in [-0.39, 0.29) is 25.7 Å². The third kappa shape index (κ3) is 71.9. The van der Waals surface area contributed by atoms with Crippen molar-refractivity contribution in [3.8, 4) is 0 Å². The Morgan fingerprint density at radius 1 is 0.276 bits per heavy atom. The van der Waals surface area contributed by atoms with Crippen molar-refractivity contribution in [2.75, 3.05) is 39.6 Å². The lowest BCUT2D eigenvalue weighted by atomic mass is 10.0. The van der Waals surface area contributed by atoms with Gasteiger partial charge in [-0.1, -0.05) is 322 Å².